The van der Waals surface area contributed by atoms with Gasteiger partial charge in [0.15, 0.2) is 0 Å². The molecule has 0 radical (unpaired) electrons. The lowest BCUT2D eigenvalue weighted by molar-refractivity contribution is -0.117. The van der Waals surface area contributed by atoms with Crippen LogP contribution in [0.15, 0.2) is 55.1 Å². The van der Waals surface area contributed by atoms with Gasteiger partial charge in [-0.25, -0.2) is 4.98 Å². The number of carbonyl (C=O) groups excluding carboxylic acids is 1. The normalized spacial score (nSPS) is 10.3. The molecule has 0 aliphatic heterocycles. The van der Waals surface area contributed by atoms with Crippen molar-refractivity contribution in [1.82, 2.24) is 14.9 Å². The summed E-state index contributed by atoms with van der Waals surface area (Å²) in [6.45, 7) is 9.55. The minimum Gasteiger partial charge on any atom is -0.347 e. The van der Waals surface area contributed by atoms with E-state index in [4.69, 9.17) is 4.98 Å². The number of imidazole rings is 1. The van der Waals surface area contributed by atoms with E-state index in [2.05, 4.69) is 18.5 Å². The van der Waals surface area contributed by atoms with E-state index in [0.29, 0.717) is 18.5 Å². The smallest absolute Gasteiger partial charge is 0.246 e. The third kappa shape index (κ3) is 3.34. The lowest BCUT2D eigenvalue weighted by atomic mass is 10.2. The number of nitrogens with zero attached hydrogens (tertiary/aromatic N) is 2. The van der Waals surface area contributed by atoms with Crippen LogP contribution in [0.25, 0.3) is 11.4 Å². The Morgan fingerprint density at radius 3 is 2.64 bits per heavy atom. The van der Waals surface area contributed by atoms with E-state index in [1.54, 1.807) is 6.92 Å². The molecular weight excluding hydrogens is 274 g/mol. The van der Waals surface area contributed by atoms with Gasteiger partial charge in [0.05, 0.1) is 17.9 Å². The Kier molecular flexibility index (Phi) is 4.94. The molecular formula is C18H21N3O. The van der Waals surface area contributed by atoms with Crippen LogP contribution in [-0.2, 0) is 24.8 Å². The molecule has 1 aromatic heterocycles. The molecule has 2 aromatic rings. The monoisotopic (exact) mass is 295 g/mol. The Morgan fingerprint density at radius 2 is 2.05 bits per heavy atom. The number of amides is 1. The first-order valence-corrected chi connectivity index (χ1v) is 7.19. The van der Waals surface area contributed by atoms with Gasteiger partial charge in [-0.2, -0.15) is 0 Å². The zero-order valence-corrected chi connectivity index (χ0v) is 13.1. The Morgan fingerprint density at radius 1 is 1.36 bits per heavy atom. The van der Waals surface area contributed by atoms with Crippen LogP contribution in [0.5, 0.6) is 0 Å². The number of rotatable bonds is 6. The van der Waals surface area contributed by atoms with Crippen LogP contribution in [0.3, 0.4) is 0 Å². The summed E-state index contributed by atoms with van der Waals surface area (Å²) in [5.74, 6) is 0.740. The van der Waals surface area contributed by atoms with Gasteiger partial charge in [-0.3, -0.25) is 4.79 Å². The lowest BCUT2D eigenvalue weighted by Gasteiger charge is -2.09. The fraction of sp³-hybridized carbons (Fsp3) is 0.222. The minimum atomic E-state index is -0.146. The van der Waals surface area contributed by atoms with Crippen molar-refractivity contribution in [1.29, 1.82) is 0 Å². The van der Waals surface area contributed by atoms with E-state index in [1.807, 2.05) is 48.0 Å². The number of hydrogen-bond donors (Lipinski definition) is 1. The zero-order chi connectivity index (χ0) is 16.1. The predicted octanol–water partition coefficient (Wildman–Crippen LogP) is 3.01. The highest BCUT2D eigenvalue weighted by atomic mass is 16.1. The molecule has 0 fully saturated rings. The van der Waals surface area contributed by atoms with E-state index in [-0.39, 0.29) is 5.91 Å². The maximum absolute atomic E-state index is 11.7. The summed E-state index contributed by atoms with van der Waals surface area (Å²) in [7, 11) is 1.96. The van der Waals surface area contributed by atoms with E-state index in [0.717, 1.165) is 22.8 Å². The maximum Gasteiger partial charge on any atom is 0.246 e. The second kappa shape index (κ2) is 6.89. The van der Waals surface area contributed by atoms with Crippen molar-refractivity contribution in [2.45, 2.75) is 19.9 Å². The zero-order valence-electron chi connectivity index (χ0n) is 13.1. The summed E-state index contributed by atoms with van der Waals surface area (Å²) in [5.41, 5.74) is 3.45. The van der Waals surface area contributed by atoms with Crippen LogP contribution in [0, 0.1) is 0 Å². The van der Waals surface area contributed by atoms with Gasteiger partial charge in [0.2, 0.25) is 5.91 Å². The van der Waals surface area contributed by atoms with E-state index in [1.165, 1.54) is 0 Å². The standard InChI is InChI=1S/C18H21N3O/c1-5-9-15-16(12-19-18(22)13(2)3)21(4)17(20-15)14-10-7-6-8-11-14/h5-8,10-11H,1-2,9,12H2,3-4H3,(H,19,22). The molecule has 0 atom stereocenters. The maximum atomic E-state index is 11.7. The van der Waals surface area contributed by atoms with Gasteiger partial charge in [-0.1, -0.05) is 43.0 Å². The van der Waals surface area contributed by atoms with Gasteiger partial charge in [-0.05, 0) is 6.92 Å². The first kappa shape index (κ1) is 15.8. The molecule has 0 aliphatic rings. The molecule has 1 aromatic carbocycles. The number of carbonyl (C=O) groups is 1. The number of hydrogen-bond acceptors (Lipinski definition) is 2. The number of nitrogens with one attached hydrogen (secondary N) is 1. The second-order valence-corrected chi connectivity index (χ2v) is 5.21. The number of aromatic nitrogens is 2. The summed E-state index contributed by atoms with van der Waals surface area (Å²) in [4.78, 5) is 16.4. The first-order chi connectivity index (χ1) is 10.5. The SMILES string of the molecule is C=CCc1nc(-c2ccccc2)n(C)c1CNC(=O)C(=C)C. The summed E-state index contributed by atoms with van der Waals surface area (Å²) in [6.07, 6.45) is 2.49. The molecule has 0 bridgehead atoms. The molecule has 4 nitrogen and oxygen atoms in total. The van der Waals surface area contributed by atoms with Crippen molar-refractivity contribution < 1.29 is 4.79 Å². The van der Waals surface area contributed by atoms with E-state index < -0.39 is 0 Å². The van der Waals surface area contributed by atoms with Crippen LogP contribution in [0.1, 0.15) is 18.3 Å². The van der Waals surface area contributed by atoms with Gasteiger partial charge < -0.3 is 9.88 Å². The molecule has 2 rings (SSSR count). The summed E-state index contributed by atoms with van der Waals surface area (Å²) >= 11 is 0. The van der Waals surface area contributed by atoms with Crippen molar-refractivity contribution >= 4 is 5.91 Å². The predicted molar refractivity (Wildman–Crippen MR) is 89.2 cm³/mol. The van der Waals surface area contributed by atoms with Crippen molar-refractivity contribution in [2.75, 3.05) is 0 Å². The van der Waals surface area contributed by atoms with Crippen molar-refractivity contribution in [3.05, 3.63) is 66.5 Å². The molecule has 0 spiro atoms. The molecule has 0 unspecified atom stereocenters. The van der Waals surface area contributed by atoms with Crippen LogP contribution >= 0.6 is 0 Å². The highest BCUT2D eigenvalue weighted by Crippen LogP contribution is 2.22. The molecule has 1 N–H and O–H groups in total. The molecule has 4 heteroatoms. The fourth-order valence-electron chi connectivity index (χ4n) is 2.27. The van der Waals surface area contributed by atoms with Gasteiger partial charge in [0.1, 0.15) is 5.82 Å². The lowest BCUT2D eigenvalue weighted by Crippen LogP contribution is -2.24. The number of benzene rings is 1. The van der Waals surface area contributed by atoms with Crippen molar-refractivity contribution in [3.8, 4) is 11.4 Å². The topological polar surface area (TPSA) is 46.9 Å². The average molecular weight is 295 g/mol. The Hall–Kier alpha value is -2.62. The van der Waals surface area contributed by atoms with Gasteiger partial charge in [-0.15, -0.1) is 6.58 Å². The van der Waals surface area contributed by atoms with E-state index in [9.17, 15) is 4.79 Å². The Balaban J connectivity index is 2.35. The third-order valence-corrected chi connectivity index (χ3v) is 3.47. The molecule has 1 heterocycles. The van der Waals surface area contributed by atoms with Crippen molar-refractivity contribution in [2.24, 2.45) is 7.05 Å². The molecule has 22 heavy (non-hydrogen) atoms. The second-order valence-electron chi connectivity index (χ2n) is 5.21. The quantitative estimate of drug-likeness (QED) is 0.658. The van der Waals surface area contributed by atoms with Crippen LogP contribution in [0.4, 0.5) is 0 Å². The largest absolute Gasteiger partial charge is 0.347 e. The summed E-state index contributed by atoms with van der Waals surface area (Å²) in [6, 6.07) is 10.00. The molecule has 0 saturated carbocycles. The Labute approximate surface area is 131 Å². The first-order valence-electron chi connectivity index (χ1n) is 7.19. The van der Waals surface area contributed by atoms with Crippen LogP contribution in [0.2, 0.25) is 0 Å². The highest BCUT2D eigenvalue weighted by Gasteiger charge is 2.15. The highest BCUT2D eigenvalue weighted by molar-refractivity contribution is 5.92. The summed E-state index contributed by atoms with van der Waals surface area (Å²) in [5, 5.41) is 2.87. The Bertz CT molecular complexity index is 699. The minimum absolute atomic E-state index is 0.146. The van der Waals surface area contributed by atoms with E-state index >= 15 is 0 Å². The van der Waals surface area contributed by atoms with Gasteiger partial charge in [0, 0.05) is 24.6 Å². The van der Waals surface area contributed by atoms with Crippen LogP contribution < -0.4 is 5.32 Å². The van der Waals surface area contributed by atoms with Gasteiger partial charge in [0.25, 0.3) is 0 Å². The molecule has 1 amide bonds. The molecule has 114 valence electrons. The third-order valence-electron chi connectivity index (χ3n) is 3.47. The summed E-state index contributed by atoms with van der Waals surface area (Å²) < 4.78 is 2.02. The fourth-order valence-corrected chi connectivity index (χ4v) is 2.27. The molecule has 0 saturated heterocycles. The van der Waals surface area contributed by atoms with Crippen LogP contribution in [-0.4, -0.2) is 15.5 Å². The van der Waals surface area contributed by atoms with Gasteiger partial charge >= 0.3 is 0 Å². The van der Waals surface area contributed by atoms with Crippen molar-refractivity contribution in [3.63, 3.8) is 0 Å². The number of allylic oxidation sites excluding steroid dienone is 1. The molecule has 0 aliphatic carbocycles. The average Bonchev–Trinajstić information content (AvgIpc) is 2.82.